The van der Waals surface area contributed by atoms with Crippen LogP contribution >= 0.6 is 0 Å². The molecule has 0 amide bonds. The van der Waals surface area contributed by atoms with Crippen LogP contribution in [0.15, 0.2) is 183 Å². The molecule has 0 nitrogen and oxygen atoms in total. The van der Waals surface area contributed by atoms with E-state index in [1.807, 2.05) is 12.2 Å². The first kappa shape index (κ1) is 35.6. The first-order valence-corrected chi connectivity index (χ1v) is 20.5. The fourth-order valence-corrected chi connectivity index (χ4v) is 9.94. The summed E-state index contributed by atoms with van der Waals surface area (Å²) in [6, 6.07) is 56.9. The molecule has 9 aromatic rings. The minimum absolute atomic E-state index is 0.158. The van der Waals surface area contributed by atoms with Gasteiger partial charge in [0.15, 0.2) is 0 Å². The normalized spacial score (nSPS) is 13.5. The van der Waals surface area contributed by atoms with Crippen molar-refractivity contribution in [2.45, 2.75) is 40.0 Å². The first-order valence-electron chi connectivity index (χ1n) is 20.5. The lowest BCUT2D eigenvalue weighted by atomic mass is 9.80. The molecule has 0 heteroatoms. The number of benzene rings is 9. The third-order valence-electron chi connectivity index (χ3n) is 13.0. The molecule has 1 aliphatic carbocycles. The van der Waals surface area contributed by atoms with Gasteiger partial charge in [0.05, 0.1) is 0 Å². The molecular formula is C58H46. The highest BCUT2D eigenvalue weighted by Gasteiger charge is 2.36. The van der Waals surface area contributed by atoms with Crippen molar-refractivity contribution < 1.29 is 0 Å². The van der Waals surface area contributed by atoms with Crippen LogP contribution in [-0.4, -0.2) is 0 Å². The molecule has 0 fully saturated rings. The predicted octanol–water partition coefficient (Wildman–Crippen LogP) is 16.4. The highest BCUT2D eigenvalue weighted by molar-refractivity contribution is 6.11. The van der Waals surface area contributed by atoms with Gasteiger partial charge in [-0.15, -0.1) is 0 Å². The topological polar surface area (TPSA) is 0 Å². The van der Waals surface area contributed by atoms with Gasteiger partial charge in [-0.05, 0) is 166 Å². The van der Waals surface area contributed by atoms with E-state index in [-0.39, 0.29) is 5.41 Å². The largest absolute Gasteiger partial charge is 0.0991 e. The van der Waals surface area contributed by atoms with Crippen molar-refractivity contribution in [3.05, 3.63) is 210 Å². The molecule has 0 heterocycles. The zero-order valence-corrected chi connectivity index (χ0v) is 34.0. The minimum Gasteiger partial charge on any atom is -0.0991 e. The standard InChI is InChI=1S/C58H46/c1-7-9-17-38(8-2)43-28-30-46(50-23-15-13-20-47(43)50)41-25-27-51-55-34-53-36(3)42-26-24-40(32-52(42)37(4)54(53)35-57(55)58(5,6)56(51)33-41)45-31-29-44(39-18-11-10-12-19-39)48-21-14-16-22-49(45)48/h7-35H,1H2,2-6H3/b17-9-,38-8+. The Hall–Kier alpha value is -6.76. The van der Waals surface area contributed by atoms with Gasteiger partial charge in [0.1, 0.15) is 0 Å². The second kappa shape index (κ2) is 13.7. The minimum atomic E-state index is -0.158. The number of hydrogen-bond donors (Lipinski definition) is 0. The van der Waals surface area contributed by atoms with E-state index in [9.17, 15) is 0 Å². The molecule has 278 valence electrons. The van der Waals surface area contributed by atoms with Crippen molar-refractivity contribution in [2.24, 2.45) is 0 Å². The van der Waals surface area contributed by atoms with Gasteiger partial charge in [0.2, 0.25) is 0 Å². The van der Waals surface area contributed by atoms with Gasteiger partial charge in [-0.2, -0.15) is 0 Å². The Morgan fingerprint density at radius 2 is 0.966 bits per heavy atom. The summed E-state index contributed by atoms with van der Waals surface area (Å²) in [4.78, 5) is 0. The third kappa shape index (κ3) is 5.43. The van der Waals surface area contributed by atoms with Crippen molar-refractivity contribution >= 4 is 48.7 Å². The van der Waals surface area contributed by atoms with Crippen molar-refractivity contribution in [2.75, 3.05) is 0 Å². The average Bonchev–Trinajstić information content (AvgIpc) is 3.49. The molecule has 0 bridgehead atoms. The molecule has 0 aromatic heterocycles. The maximum atomic E-state index is 3.89. The first-order chi connectivity index (χ1) is 28.3. The maximum Gasteiger partial charge on any atom is 0.0159 e. The molecule has 0 saturated heterocycles. The Kier molecular flexibility index (Phi) is 8.43. The second-order valence-corrected chi connectivity index (χ2v) is 16.5. The van der Waals surface area contributed by atoms with Crippen LogP contribution in [0.5, 0.6) is 0 Å². The lowest BCUT2D eigenvalue weighted by molar-refractivity contribution is 0.661. The van der Waals surface area contributed by atoms with E-state index in [0.717, 1.165) is 0 Å². The Bertz CT molecular complexity index is 3220. The molecule has 0 saturated carbocycles. The summed E-state index contributed by atoms with van der Waals surface area (Å²) in [6.45, 7) is 15.4. The third-order valence-corrected chi connectivity index (χ3v) is 13.0. The number of allylic oxidation sites excluding steroid dienone is 5. The van der Waals surface area contributed by atoms with Crippen molar-refractivity contribution in [3.8, 4) is 44.5 Å². The van der Waals surface area contributed by atoms with Gasteiger partial charge in [0.25, 0.3) is 0 Å². The fraction of sp³-hybridized carbons (Fsp3) is 0.103. The Morgan fingerprint density at radius 1 is 0.448 bits per heavy atom. The molecule has 0 unspecified atom stereocenters. The second-order valence-electron chi connectivity index (χ2n) is 16.5. The van der Waals surface area contributed by atoms with E-state index in [0.29, 0.717) is 0 Å². The van der Waals surface area contributed by atoms with Crippen LogP contribution in [0.3, 0.4) is 0 Å². The van der Waals surface area contributed by atoms with Crippen LogP contribution in [0.4, 0.5) is 0 Å². The van der Waals surface area contributed by atoms with E-state index in [1.165, 1.54) is 121 Å². The van der Waals surface area contributed by atoms with Crippen LogP contribution in [0, 0.1) is 13.8 Å². The van der Waals surface area contributed by atoms with Gasteiger partial charge in [0, 0.05) is 5.41 Å². The van der Waals surface area contributed by atoms with Gasteiger partial charge in [-0.1, -0.05) is 172 Å². The highest BCUT2D eigenvalue weighted by atomic mass is 14.4. The van der Waals surface area contributed by atoms with E-state index < -0.39 is 0 Å². The predicted molar refractivity (Wildman–Crippen MR) is 253 cm³/mol. The zero-order chi connectivity index (χ0) is 39.7. The van der Waals surface area contributed by atoms with Crippen LogP contribution in [0.2, 0.25) is 0 Å². The summed E-state index contributed by atoms with van der Waals surface area (Å²) in [7, 11) is 0. The number of hydrogen-bond acceptors (Lipinski definition) is 0. The molecule has 0 radical (unpaired) electrons. The Morgan fingerprint density at radius 3 is 1.66 bits per heavy atom. The van der Waals surface area contributed by atoms with E-state index in [4.69, 9.17) is 0 Å². The highest BCUT2D eigenvalue weighted by Crippen LogP contribution is 2.52. The zero-order valence-electron chi connectivity index (χ0n) is 34.0. The molecule has 10 rings (SSSR count). The lowest BCUT2D eigenvalue weighted by Gasteiger charge is -2.23. The average molecular weight is 743 g/mol. The summed E-state index contributed by atoms with van der Waals surface area (Å²) >= 11 is 0. The summed E-state index contributed by atoms with van der Waals surface area (Å²) in [5.41, 5.74) is 18.0. The van der Waals surface area contributed by atoms with Gasteiger partial charge >= 0.3 is 0 Å². The van der Waals surface area contributed by atoms with Gasteiger partial charge in [-0.3, -0.25) is 0 Å². The SMILES string of the molecule is C=C/C=C\C(=C/C)c1ccc(-c2ccc3c(c2)C(C)(C)c2cc4c(C)c5cc(-c6ccc(-c7ccccc7)c7ccccc67)ccc5c(C)c4cc2-3)c2ccccc12. The van der Waals surface area contributed by atoms with E-state index >= 15 is 0 Å². The van der Waals surface area contributed by atoms with E-state index in [2.05, 4.69) is 205 Å². The van der Waals surface area contributed by atoms with Crippen LogP contribution in [0.1, 0.15) is 48.6 Å². The Labute approximate surface area is 342 Å². The molecular weight excluding hydrogens is 697 g/mol. The van der Waals surface area contributed by atoms with Crippen LogP contribution in [-0.2, 0) is 5.41 Å². The molecule has 58 heavy (non-hydrogen) atoms. The summed E-state index contributed by atoms with van der Waals surface area (Å²) in [6.07, 6.45) is 8.17. The van der Waals surface area contributed by atoms with Gasteiger partial charge < -0.3 is 0 Å². The fourth-order valence-electron chi connectivity index (χ4n) is 9.94. The van der Waals surface area contributed by atoms with Crippen molar-refractivity contribution in [1.82, 2.24) is 0 Å². The molecule has 0 atom stereocenters. The summed E-state index contributed by atoms with van der Waals surface area (Å²) in [5.74, 6) is 0. The van der Waals surface area contributed by atoms with Crippen LogP contribution in [0.25, 0.3) is 93.2 Å². The van der Waals surface area contributed by atoms with Crippen molar-refractivity contribution in [1.29, 1.82) is 0 Å². The van der Waals surface area contributed by atoms with E-state index in [1.54, 1.807) is 0 Å². The maximum absolute atomic E-state index is 3.89. The number of rotatable bonds is 6. The molecule has 9 aromatic carbocycles. The number of fused-ring (bicyclic) bond motifs is 7. The van der Waals surface area contributed by atoms with Crippen LogP contribution < -0.4 is 0 Å². The molecule has 1 aliphatic rings. The quantitative estimate of drug-likeness (QED) is 0.118. The molecule has 0 spiro atoms. The van der Waals surface area contributed by atoms with Crippen molar-refractivity contribution in [3.63, 3.8) is 0 Å². The monoisotopic (exact) mass is 742 g/mol. The molecule has 0 N–H and O–H groups in total. The summed E-state index contributed by atoms with van der Waals surface area (Å²) in [5, 5.41) is 10.4. The number of aryl methyl sites for hydroxylation is 2. The van der Waals surface area contributed by atoms with Gasteiger partial charge in [-0.25, -0.2) is 0 Å². The Balaban J connectivity index is 1.09. The smallest absolute Gasteiger partial charge is 0.0159 e. The molecule has 0 aliphatic heterocycles. The lowest BCUT2D eigenvalue weighted by Crippen LogP contribution is -2.15. The summed E-state index contributed by atoms with van der Waals surface area (Å²) < 4.78 is 0.